The van der Waals surface area contributed by atoms with E-state index >= 15 is 0 Å². The summed E-state index contributed by atoms with van der Waals surface area (Å²) in [5.74, 6) is -0.190. The van der Waals surface area contributed by atoms with Crippen LogP contribution in [0.25, 0.3) is 0 Å². The van der Waals surface area contributed by atoms with Gasteiger partial charge in [-0.15, -0.1) is 11.8 Å². The summed E-state index contributed by atoms with van der Waals surface area (Å²) in [6.45, 7) is 7.72. The number of rotatable bonds is 6. The van der Waals surface area contributed by atoms with Crippen LogP contribution in [0.5, 0.6) is 0 Å². The van der Waals surface area contributed by atoms with E-state index in [-0.39, 0.29) is 23.8 Å². The van der Waals surface area contributed by atoms with E-state index in [0.717, 1.165) is 38.2 Å². The molecule has 6 heteroatoms. The fourth-order valence-corrected chi connectivity index (χ4v) is 4.19. The number of thioether (sulfide) groups is 1. The lowest BCUT2D eigenvalue weighted by atomic mass is 10.0. The van der Waals surface area contributed by atoms with Gasteiger partial charge in [0.05, 0.1) is 5.92 Å². The molecule has 0 radical (unpaired) electrons. The Bertz CT molecular complexity index is 720. The van der Waals surface area contributed by atoms with Crippen molar-refractivity contribution < 1.29 is 9.59 Å². The lowest BCUT2D eigenvalue weighted by molar-refractivity contribution is -0.127. The van der Waals surface area contributed by atoms with Crippen LogP contribution in [0.4, 0.5) is 5.69 Å². The number of nitrogens with one attached hydrogen (secondary N) is 1. The van der Waals surface area contributed by atoms with E-state index in [2.05, 4.69) is 30.1 Å². The molecule has 2 heterocycles. The van der Waals surface area contributed by atoms with Gasteiger partial charge in [-0.1, -0.05) is 11.6 Å². The first-order valence-corrected chi connectivity index (χ1v) is 11.3. The Morgan fingerprint density at radius 1 is 1.21 bits per heavy atom. The smallest absolute Gasteiger partial charge is 0.227 e. The molecule has 2 fully saturated rings. The van der Waals surface area contributed by atoms with Crippen molar-refractivity contribution in [3.8, 4) is 0 Å². The first-order chi connectivity index (χ1) is 13.5. The first-order valence-electron chi connectivity index (χ1n) is 10.1. The maximum absolute atomic E-state index is 12.7. The fourth-order valence-electron chi connectivity index (χ4n) is 3.79. The highest BCUT2D eigenvalue weighted by molar-refractivity contribution is 7.98. The number of piperidine rings is 1. The Labute approximate surface area is 172 Å². The zero-order valence-corrected chi connectivity index (χ0v) is 17.9. The van der Waals surface area contributed by atoms with Crippen LogP contribution in [0.3, 0.4) is 0 Å². The molecule has 2 amide bonds. The molecular weight excluding hydrogens is 370 g/mol. The number of hydrogen-bond donors (Lipinski definition) is 1. The summed E-state index contributed by atoms with van der Waals surface area (Å²) in [4.78, 5) is 30.5. The monoisotopic (exact) mass is 401 g/mol. The predicted octanol–water partition coefficient (Wildman–Crippen LogP) is 3.31. The van der Waals surface area contributed by atoms with Gasteiger partial charge in [0.15, 0.2) is 0 Å². The molecule has 152 valence electrons. The topological polar surface area (TPSA) is 52.7 Å². The summed E-state index contributed by atoms with van der Waals surface area (Å²) >= 11 is 1.68. The molecular formula is C22H31N3O2S. The number of likely N-dealkylation sites (tertiary alicyclic amines) is 1. The molecule has 0 aliphatic carbocycles. The van der Waals surface area contributed by atoms with Crippen LogP contribution in [0.2, 0.25) is 0 Å². The van der Waals surface area contributed by atoms with E-state index in [1.165, 1.54) is 10.5 Å². The number of nitrogens with zero attached hydrogens (tertiary/aromatic N) is 2. The van der Waals surface area contributed by atoms with Gasteiger partial charge in [-0.05, 0) is 57.2 Å². The van der Waals surface area contributed by atoms with Crippen LogP contribution in [0.15, 0.2) is 40.8 Å². The molecule has 1 N–H and O–H groups in total. The van der Waals surface area contributed by atoms with Gasteiger partial charge in [0, 0.05) is 49.2 Å². The number of anilines is 1. The number of amides is 2. The van der Waals surface area contributed by atoms with Gasteiger partial charge in [-0.25, -0.2) is 0 Å². The Kier molecular flexibility index (Phi) is 7.18. The fraction of sp³-hybridized carbons (Fsp3) is 0.545. The number of hydrogen-bond acceptors (Lipinski definition) is 4. The van der Waals surface area contributed by atoms with E-state index in [9.17, 15) is 9.59 Å². The number of carbonyl (C=O) groups excluding carboxylic acids is 2. The summed E-state index contributed by atoms with van der Waals surface area (Å²) in [5.41, 5.74) is 2.22. The van der Waals surface area contributed by atoms with Crippen LogP contribution >= 0.6 is 11.8 Å². The molecule has 1 aromatic carbocycles. The molecule has 1 atom stereocenters. The van der Waals surface area contributed by atoms with Gasteiger partial charge in [0.1, 0.15) is 0 Å². The highest BCUT2D eigenvalue weighted by Gasteiger charge is 2.36. The lowest BCUT2D eigenvalue weighted by Gasteiger charge is -2.32. The maximum atomic E-state index is 12.7. The molecule has 5 nitrogen and oxygen atoms in total. The van der Waals surface area contributed by atoms with E-state index in [0.29, 0.717) is 13.0 Å². The van der Waals surface area contributed by atoms with Gasteiger partial charge < -0.3 is 10.2 Å². The van der Waals surface area contributed by atoms with Gasteiger partial charge in [0.25, 0.3) is 0 Å². The average Bonchev–Trinajstić information content (AvgIpc) is 3.09. The molecule has 0 spiro atoms. The summed E-state index contributed by atoms with van der Waals surface area (Å²) in [6, 6.07) is 8.19. The van der Waals surface area contributed by atoms with Crippen LogP contribution in [0, 0.1) is 5.92 Å². The van der Waals surface area contributed by atoms with Crippen LogP contribution < -0.4 is 10.2 Å². The Balaban J connectivity index is 1.49. The van der Waals surface area contributed by atoms with Crippen molar-refractivity contribution in [2.45, 2.75) is 44.0 Å². The minimum absolute atomic E-state index is 0.0272. The largest absolute Gasteiger partial charge is 0.353 e. The molecule has 0 saturated carbocycles. The molecule has 1 aromatic rings. The molecule has 0 aromatic heterocycles. The van der Waals surface area contributed by atoms with Gasteiger partial charge >= 0.3 is 0 Å². The zero-order chi connectivity index (χ0) is 20.1. The molecule has 1 unspecified atom stereocenters. The standard InChI is InChI=1S/C22H31N3O2S/c1-16(2)8-11-24-12-9-18(10-13-24)23-22(27)17-14-21(26)25(15-17)19-4-6-20(28-3)7-5-19/h4-8,17-18H,9-15H2,1-3H3,(H,23,27). The van der Waals surface area contributed by atoms with Crippen molar-refractivity contribution in [2.24, 2.45) is 5.92 Å². The Morgan fingerprint density at radius 3 is 2.50 bits per heavy atom. The quantitative estimate of drug-likeness (QED) is 0.587. The normalized spacial score (nSPS) is 21.0. The third-order valence-electron chi connectivity index (χ3n) is 5.57. The summed E-state index contributed by atoms with van der Waals surface area (Å²) < 4.78 is 0. The summed E-state index contributed by atoms with van der Waals surface area (Å²) in [5, 5.41) is 3.19. The number of carbonyl (C=O) groups is 2. The molecule has 3 rings (SSSR count). The highest BCUT2D eigenvalue weighted by Crippen LogP contribution is 2.27. The van der Waals surface area contributed by atoms with Crippen molar-refractivity contribution >= 4 is 29.3 Å². The second kappa shape index (κ2) is 9.61. The first kappa shape index (κ1) is 20.9. The summed E-state index contributed by atoms with van der Waals surface area (Å²) in [6.07, 6.45) is 6.53. The van der Waals surface area contributed by atoms with Crippen LogP contribution in [0.1, 0.15) is 33.1 Å². The molecule has 2 aliphatic rings. The zero-order valence-electron chi connectivity index (χ0n) is 17.1. The Morgan fingerprint density at radius 2 is 1.89 bits per heavy atom. The predicted molar refractivity (Wildman–Crippen MR) is 116 cm³/mol. The van der Waals surface area contributed by atoms with Crippen molar-refractivity contribution in [2.75, 3.05) is 37.3 Å². The summed E-state index contributed by atoms with van der Waals surface area (Å²) in [7, 11) is 0. The molecule has 2 saturated heterocycles. The number of allylic oxidation sites excluding steroid dienone is 1. The van der Waals surface area contributed by atoms with E-state index in [4.69, 9.17) is 0 Å². The van der Waals surface area contributed by atoms with Gasteiger partial charge in [-0.3, -0.25) is 14.5 Å². The third kappa shape index (κ3) is 5.39. The average molecular weight is 402 g/mol. The van der Waals surface area contributed by atoms with Crippen LogP contribution in [-0.4, -0.2) is 55.2 Å². The number of benzene rings is 1. The minimum atomic E-state index is -0.253. The molecule has 0 bridgehead atoms. The second-order valence-corrected chi connectivity index (χ2v) is 8.85. The van der Waals surface area contributed by atoms with E-state index < -0.39 is 0 Å². The molecule has 2 aliphatic heterocycles. The third-order valence-corrected chi connectivity index (χ3v) is 6.32. The van der Waals surface area contributed by atoms with Crippen molar-refractivity contribution in [3.63, 3.8) is 0 Å². The maximum Gasteiger partial charge on any atom is 0.227 e. The van der Waals surface area contributed by atoms with Gasteiger partial charge in [-0.2, -0.15) is 0 Å². The van der Waals surface area contributed by atoms with Crippen molar-refractivity contribution in [1.29, 1.82) is 0 Å². The van der Waals surface area contributed by atoms with Crippen molar-refractivity contribution in [1.82, 2.24) is 10.2 Å². The minimum Gasteiger partial charge on any atom is -0.353 e. The lowest BCUT2D eigenvalue weighted by Crippen LogP contribution is -2.46. The highest BCUT2D eigenvalue weighted by atomic mass is 32.2. The van der Waals surface area contributed by atoms with E-state index in [1.807, 2.05) is 30.5 Å². The Hall–Kier alpha value is -1.79. The van der Waals surface area contributed by atoms with Crippen molar-refractivity contribution in [3.05, 3.63) is 35.9 Å². The molecule has 28 heavy (non-hydrogen) atoms. The van der Waals surface area contributed by atoms with Crippen LogP contribution in [-0.2, 0) is 9.59 Å². The van der Waals surface area contributed by atoms with Gasteiger partial charge in [0.2, 0.25) is 11.8 Å². The second-order valence-electron chi connectivity index (χ2n) is 7.97. The van der Waals surface area contributed by atoms with E-state index in [1.54, 1.807) is 16.7 Å². The SMILES string of the molecule is CSc1ccc(N2CC(C(=O)NC3CCN(CC=C(C)C)CC3)CC2=O)cc1.